The van der Waals surface area contributed by atoms with E-state index in [4.69, 9.17) is 0 Å². The predicted octanol–water partition coefficient (Wildman–Crippen LogP) is 3.75. The number of benzene rings is 2. The summed E-state index contributed by atoms with van der Waals surface area (Å²) >= 11 is 0. The zero-order valence-corrected chi connectivity index (χ0v) is 14.5. The van der Waals surface area contributed by atoms with Gasteiger partial charge in [-0.15, -0.1) is 0 Å². The number of H-pyrrole nitrogens is 1. The predicted molar refractivity (Wildman–Crippen MR) is 102 cm³/mol. The van der Waals surface area contributed by atoms with Gasteiger partial charge in [0.2, 0.25) is 5.95 Å². The van der Waals surface area contributed by atoms with E-state index < -0.39 is 0 Å². The average molecular weight is 336 g/mol. The molecule has 0 spiro atoms. The van der Waals surface area contributed by atoms with Gasteiger partial charge in [-0.05, 0) is 36.6 Å². The zero-order valence-electron chi connectivity index (χ0n) is 14.5. The van der Waals surface area contributed by atoms with Crippen molar-refractivity contribution in [2.24, 2.45) is 0 Å². The topological polar surface area (TPSA) is 69.8 Å². The third-order valence-corrected chi connectivity index (χ3v) is 4.11. The monoisotopic (exact) mass is 336 g/mol. The number of carbonyl (C=O) groups excluding carboxylic acids is 1. The summed E-state index contributed by atoms with van der Waals surface area (Å²) in [4.78, 5) is 20.1. The molecule has 1 heterocycles. The molecule has 0 atom stereocenters. The maximum absolute atomic E-state index is 12.3. The van der Waals surface area contributed by atoms with Gasteiger partial charge >= 0.3 is 0 Å². The summed E-state index contributed by atoms with van der Waals surface area (Å²) in [6, 6.07) is 15.7. The van der Waals surface area contributed by atoms with Crippen LogP contribution in [0.4, 0.5) is 5.95 Å². The first-order chi connectivity index (χ1) is 12.3. The number of aromatic amines is 1. The number of fused-ring (bicyclic) bond motifs is 1. The summed E-state index contributed by atoms with van der Waals surface area (Å²) in [5.74, 6) is 0.693. The molecule has 0 aliphatic heterocycles. The SMILES string of the molecule is CCCCNc1nc2ccc(C(=O)NCCc3ccccc3)cc2[nH]1. The summed E-state index contributed by atoms with van der Waals surface area (Å²) in [6.45, 7) is 3.67. The summed E-state index contributed by atoms with van der Waals surface area (Å²) in [6.07, 6.45) is 3.07. The van der Waals surface area contributed by atoms with Crippen molar-refractivity contribution in [1.29, 1.82) is 0 Å². The first-order valence-corrected chi connectivity index (χ1v) is 8.82. The van der Waals surface area contributed by atoms with E-state index in [9.17, 15) is 4.79 Å². The molecule has 3 N–H and O–H groups in total. The van der Waals surface area contributed by atoms with Gasteiger partial charge in [0.15, 0.2) is 0 Å². The van der Waals surface area contributed by atoms with Crippen LogP contribution in [0.1, 0.15) is 35.7 Å². The van der Waals surface area contributed by atoms with E-state index >= 15 is 0 Å². The fourth-order valence-corrected chi connectivity index (χ4v) is 2.69. The lowest BCUT2D eigenvalue weighted by molar-refractivity contribution is 0.0954. The van der Waals surface area contributed by atoms with Gasteiger partial charge in [0.05, 0.1) is 11.0 Å². The second kappa shape index (κ2) is 8.33. The number of hydrogen-bond acceptors (Lipinski definition) is 3. The lowest BCUT2D eigenvalue weighted by Gasteiger charge is -2.05. The van der Waals surface area contributed by atoms with Crippen LogP contribution in [0.2, 0.25) is 0 Å². The van der Waals surface area contributed by atoms with Gasteiger partial charge in [-0.2, -0.15) is 0 Å². The molecule has 0 unspecified atom stereocenters. The summed E-state index contributed by atoms with van der Waals surface area (Å²) in [7, 11) is 0. The zero-order chi connectivity index (χ0) is 17.5. The van der Waals surface area contributed by atoms with Crippen molar-refractivity contribution in [3.05, 3.63) is 59.7 Å². The molecule has 0 saturated heterocycles. The summed E-state index contributed by atoms with van der Waals surface area (Å²) in [5.41, 5.74) is 3.59. The minimum absolute atomic E-state index is 0.0621. The molecule has 0 aliphatic rings. The molecular formula is C20H24N4O. The number of nitrogens with one attached hydrogen (secondary N) is 3. The van der Waals surface area contributed by atoms with Crippen molar-refractivity contribution < 1.29 is 4.79 Å². The van der Waals surface area contributed by atoms with Gasteiger partial charge in [0.25, 0.3) is 5.91 Å². The Bertz CT molecular complexity index is 826. The third-order valence-electron chi connectivity index (χ3n) is 4.11. The highest BCUT2D eigenvalue weighted by Crippen LogP contribution is 2.16. The largest absolute Gasteiger partial charge is 0.356 e. The highest BCUT2D eigenvalue weighted by Gasteiger charge is 2.08. The number of carbonyl (C=O) groups is 1. The van der Waals surface area contributed by atoms with Gasteiger partial charge in [-0.3, -0.25) is 4.79 Å². The molecule has 25 heavy (non-hydrogen) atoms. The normalized spacial score (nSPS) is 10.8. The minimum atomic E-state index is -0.0621. The molecule has 0 radical (unpaired) electrons. The molecule has 0 fully saturated rings. The Morgan fingerprint density at radius 1 is 1.12 bits per heavy atom. The first kappa shape index (κ1) is 17.0. The van der Waals surface area contributed by atoms with Crippen LogP contribution in [0.25, 0.3) is 11.0 Å². The van der Waals surface area contributed by atoms with Crippen molar-refractivity contribution in [3.63, 3.8) is 0 Å². The van der Waals surface area contributed by atoms with Crippen molar-refractivity contribution in [2.75, 3.05) is 18.4 Å². The number of nitrogens with zero attached hydrogens (tertiary/aromatic N) is 1. The molecule has 0 bridgehead atoms. The number of anilines is 1. The van der Waals surface area contributed by atoms with E-state index in [-0.39, 0.29) is 5.91 Å². The third kappa shape index (κ3) is 4.59. The Morgan fingerprint density at radius 3 is 2.76 bits per heavy atom. The Kier molecular flexibility index (Phi) is 5.67. The fraction of sp³-hybridized carbons (Fsp3) is 0.300. The van der Waals surface area contributed by atoms with Crippen LogP contribution in [0, 0.1) is 0 Å². The standard InChI is InChI=1S/C20H24N4O/c1-2-3-12-22-20-23-17-10-9-16(14-18(17)24-20)19(25)21-13-11-15-7-5-4-6-8-15/h4-10,14H,2-3,11-13H2,1H3,(H,21,25)(H2,22,23,24). The van der Waals surface area contributed by atoms with Gasteiger partial charge in [-0.1, -0.05) is 43.7 Å². The van der Waals surface area contributed by atoms with Gasteiger partial charge < -0.3 is 15.6 Å². The van der Waals surface area contributed by atoms with Crippen LogP contribution in [-0.2, 0) is 6.42 Å². The van der Waals surface area contributed by atoms with Crippen molar-refractivity contribution in [3.8, 4) is 0 Å². The molecule has 5 heteroatoms. The Hall–Kier alpha value is -2.82. The Morgan fingerprint density at radius 2 is 1.96 bits per heavy atom. The second-order valence-corrected chi connectivity index (χ2v) is 6.09. The lowest BCUT2D eigenvalue weighted by atomic mass is 10.1. The van der Waals surface area contributed by atoms with Crippen LogP contribution in [0.15, 0.2) is 48.5 Å². The maximum Gasteiger partial charge on any atom is 0.251 e. The highest BCUT2D eigenvalue weighted by atomic mass is 16.1. The molecular weight excluding hydrogens is 312 g/mol. The van der Waals surface area contributed by atoms with Gasteiger partial charge in [0, 0.05) is 18.7 Å². The van der Waals surface area contributed by atoms with Gasteiger partial charge in [-0.25, -0.2) is 4.98 Å². The number of imidazole rings is 1. The highest BCUT2D eigenvalue weighted by molar-refractivity contribution is 5.97. The number of aromatic nitrogens is 2. The van der Waals surface area contributed by atoms with Crippen LogP contribution in [0.3, 0.4) is 0 Å². The number of unbranched alkanes of at least 4 members (excludes halogenated alkanes) is 1. The molecule has 3 aromatic rings. The van der Waals surface area contributed by atoms with E-state index in [1.165, 1.54) is 5.56 Å². The molecule has 1 aromatic heterocycles. The molecule has 3 rings (SSSR count). The van der Waals surface area contributed by atoms with Crippen LogP contribution < -0.4 is 10.6 Å². The van der Waals surface area contributed by atoms with Gasteiger partial charge in [0.1, 0.15) is 0 Å². The van der Waals surface area contributed by atoms with Crippen molar-refractivity contribution in [1.82, 2.24) is 15.3 Å². The lowest BCUT2D eigenvalue weighted by Crippen LogP contribution is -2.25. The quantitative estimate of drug-likeness (QED) is 0.549. The molecule has 2 aromatic carbocycles. The summed E-state index contributed by atoms with van der Waals surface area (Å²) in [5, 5.41) is 6.24. The smallest absolute Gasteiger partial charge is 0.251 e. The van der Waals surface area contributed by atoms with E-state index in [0.717, 1.165) is 42.8 Å². The Labute approximate surface area is 147 Å². The van der Waals surface area contributed by atoms with Crippen LogP contribution in [-0.4, -0.2) is 29.0 Å². The number of rotatable bonds is 8. The van der Waals surface area contributed by atoms with E-state index in [2.05, 4.69) is 39.7 Å². The van der Waals surface area contributed by atoms with Crippen molar-refractivity contribution >= 4 is 22.9 Å². The van der Waals surface area contributed by atoms with E-state index in [1.807, 2.05) is 36.4 Å². The number of hydrogen-bond donors (Lipinski definition) is 3. The van der Waals surface area contributed by atoms with E-state index in [1.54, 1.807) is 0 Å². The fourth-order valence-electron chi connectivity index (χ4n) is 2.69. The average Bonchev–Trinajstić information content (AvgIpc) is 3.04. The maximum atomic E-state index is 12.3. The van der Waals surface area contributed by atoms with Crippen molar-refractivity contribution in [2.45, 2.75) is 26.2 Å². The first-order valence-electron chi connectivity index (χ1n) is 8.82. The molecule has 130 valence electrons. The number of amides is 1. The summed E-state index contributed by atoms with van der Waals surface area (Å²) < 4.78 is 0. The minimum Gasteiger partial charge on any atom is -0.356 e. The molecule has 5 nitrogen and oxygen atoms in total. The molecule has 0 saturated carbocycles. The molecule has 1 amide bonds. The van der Waals surface area contributed by atoms with Crippen LogP contribution in [0.5, 0.6) is 0 Å². The van der Waals surface area contributed by atoms with Crippen LogP contribution >= 0.6 is 0 Å². The Balaban J connectivity index is 1.59. The van der Waals surface area contributed by atoms with E-state index in [0.29, 0.717) is 12.1 Å². The second-order valence-electron chi connectivity index (χ2n) is 6.09. The molecule has 0 aliphatic carbocycles.